The van der Waals surface area contributed by atoms with Crippen LogP contribution in [0.5, 0.6) is 0 Å². The average Bonchev–Trinajstić information content (AvgIpc) is 2.54. The molecular weight excluding hydrogens is 164 g/mol. The van der Waals surface area contributed by atoms with Gasteiger partial charge >= 0.3 is 0 Å². The molecule has 0 saturated carbocycles. The van der Waals surface area contributed by atoms with Crippen molar-refractivity contribution in [2.24, 2.45) is 5.41 Å². The number of furan rings is 1. The number of aliphatic hydroxyl groups is 1. The summed E-state index contributed by atoms with van der Waals surface area (Å²) >= 11 is 0. The van der Waals surface area contributed by atoms with Crippen molar-refractivity contribution in [2.45, 2.75) is 26.9 Å². The maximum atomic E-state index is 9.99. The Balaban J connectivity index is 2.90. The summed E-state index contributed by atoms with van der Waals surface area (Å²) in [5.41, 5.74) is 1.44. The van der Waals surface area contributed by atoms with Crippen molar-refractivity contribution in [2.75, 3.05) is 0 Å². The molecule has 0 bridgehead atoms. The Hall–Kier alpha value is -1.02. The Morgan fingerprint density at radius 1 is 1.62 bits per heavy atom. The van der Waals surface area contributed by atoms with Crippen LogP contribution in [0, 0.1) is 5.41 Å². The molecule has 0 amide bonds. The summed E-state index contributed by atoms with van der Waals surface area (Å²) in [5, 5.41) is 9.99. The summed E-state index contributed by atoms with van der Waals surface area (Å²) in [7, 11) is 0. The molecule has 0 fully saturated rings. The topological polar surface area (TPSA) is 33.4 Å². The van der Waals surface area contributed by atoms with Gasteiger partial charge in [0.05, 0.1) is 18.6 Å². The molecule has 1 rings (SSSR count). The fourth-order valence-electron chi connectivity index (χ4n) is 1.08. The predicted molar refractivity (Wildman–Crippen MR) is 52.3 cm³/mol. The van der Waals surface area contributed by atoms with Crippen molar-refractivity contribution in [1.29, 1.82) is 0 Å². The standard InChI is InChI=1S/C11H16O2/c1-8(2)11(3,4)10(12)9-5-6-13-7-9/h5-7,10,12H,1H2,2-4H3/t10-/m0/s1. The first-order valence-corrected chi connectivity index (χ1v) is 4.32. The molecule has 1 N–H and O–H groups in total. The van der Waals surface area contributed by atoms with Crippen LogP contribution in [-0.4, -0.2) is 5.11 Å². The number of rotatable bonds is 3. The third kappa shape index (κ3) is 1.83. The Morgan fingerprint density at radius 3 is 2.62 bits per heavy atom. The first kappa shape index (κ1) is 10.1. The molecule has 2 nitrogen and oxygen atoms in total. The minimum atomic E-state index is -0.552. The lowest BCUT2D eigenvalue weighted by Gasteiger charge is -2.30. The van der Waals surface area contributed by atoms with E-state index in [0.717, 1.165) is 11.1 Å². The normalized spacial score (nSPS) is 14.2. The Labute approximate surface area is 78.9 Å². The van der Waals surface area contributed by atoms with Gasteiger partial charge in [-0.05, 0) is 13.0 Å². The van der Waals surface area contributed by atoms with Crippen LogP contribution >= 0.6 is 0 Å². The van der Waals surface area contributed by atoms with Crippen LogP contribution in [-0.2, 0) is 0 Å². The fourth-order valence-corrected chi connectivity index (χ4v) is 1.08. The molecule has 72 valence electrons. The zero-order valence-corrected chi connectivity index (χ0v) is 8.37. The summed E-state index contributed by atoms with van der Waals surface area (Å²) < 4.78 is 4.92. The zero-order valence-electron chi connectivity index (χ0n) is 8.37. The Bertz CT molecular complexity index is 283. The van der Waals surface area contributed by atoms with E-state index < -0.39 is 6.10 Å². The van der Waals surface area contributed by atoms with E-state index in [9.17, 15) is 5.11 Å². The van der Waals surface area contributed by atoms with E-state index >= 15 is 0 Å². The molecule has 2 heteroatoms. The lowest BCUT2D eigenvalue weighted by atomic mass is 9.78. The van der Waals surface area contributed by atoms with Crippen molar-refractivity contribution < 1.29 is 9.52 Å². The molecule has 1 atom stereocenters. The van der Waals surface area contributed by atoms with Gasteiger partial charge in [0.15, 0.2) is 0 Å². The van der Waals surface area contributed by atoms with Gasteiger partial charge < -0.3 is 9.52 Å². The summed E-state index contributed by atoms with van der Waals surface area (Å²) in [6.45, 7) is 9.72. The molecule has 0 aliphatic carbocycles. The van der Waals surface area contributed by atoms with Crippen molar-refractivity contribution in [3.05, 3.63) is 36.3 Å². The van der Waals surface area contributed by atoms with Crippen LogP contribution in [0.4, 0.5) is 0 Å². The molecule has 0 aliphatic heterocycles. The van der Waals surface area contributed by atoms with Crippen LogP contribution in [0.3, 0.4) is 0 Å². The summed E-state index contributed by atoms with van der Waals surface area (Å²) in [6, 6.07) is 1.77. The van der Waals surface area contributed by atoms with E-state index in [-0.39, 0.29) is 5.41 Å². The van der Waals surface area contributed by atoms with Gasteiger partial charge in [-0.1, -0.05) is 26.0 Å². The Morgan fingerprint density at radius 2 is 2.23 bits per heavy atom. The second kappa shape index (κ2) is 3.38. The van der Waals surface area contributed by atoms with Crippen molar-refractivity contribution >= 4 is 0 Å². The predicted octanol–water partition coefficient (Wildman–Crippen LogP) is 2.92. The van der Waals surface area contributed by atoms with Crippen LogP contribution in [0.2, 0.25) is 0 Å². The number of hydrogen-bond acceptors (Lipinski definition) is 2. The van der Waals surface area contributed by atoms with Gasteiger partial charge in [-0.3, -0.25) is 0 Å². The molecule has 0 aromatic carbocycles. The lowest BCUT2D eigenvalue weighted by Crippen LogP contribution is -2.22. The molecule has 1 heterocycles. The van der Waals surface area contributed by atoms with E-state index in [2.05, 4.69) is 6.58 Å². The first-order valence-electron chi connectivity index (χ1n) is 4.32. The van der Waals surface area contributed by atoms with E-state index in [1.54, 1.807) is 18.6 Å². The maximum Gasteiger partial charge on any atom is 0.0960 e. The zero-order chi connectivity index (χ0) is 10.1. The van der Waals surface area contributed by atoms with Gasteiger partial charge in [0.1, 0.15) is 0 Å². The van der Waals surface area contributed by atoms with Gasteiger partial charge in [-0.2, -0.15) is 0 Å². The monoisotopic (exact) mass is 180 g/mol. The van der Waals surface area contributed by atoms with Crippen molar-refractivity contribution in [3.63, 3.8) is 0 Å². The summed E-state index contributed by atoms with van der Waals surface area (Å²) in [4.78, 5) is 0. The quantitative estimate of drug-likeness (QED) is 0.725. The molecule has 0 spiro atoms. The van der Waals surface area contributed by atoms with Crippen molar-refractivity contribution in [1.82, 2.24) is 0 Å². The third-order valence-corrected chi connectivity index (χ3v) is 2.64. The maximum absolute atomic E-state index is 9.99. The molecular formula is C11H16O2. The SMILES string of the molecule is C=C(C)C(C)(C)[C@@H](O)c1ccoc1. The van der Waals surface area contributed by atoms with Gasteiger partial charge in [0.25, 0.3) is 0 Å². The van der Waals surface area contributed by atoms with Gasteiger partial charge in [0.2, 0.25) is 0 Å². The highest BCUT2D eigenvalue weighted by molar-refractivity contribution is 5.18. The molecule has 0 unspecified atom stereocenters. The second-order valence-corrected chi connectivity index (χ2v) is 3.96. The van der Waals surface area contributed by atoms with Gasteiger partial charge in [0, 0.05) is 11.0 Å². The third-order valence-electron chi connectivity index (χ3n) is 2.64. The first-order chi connectivity index (χ1) is 5.96. The van der Waals surface area contributed by atoms with E-state index in [4.69, 9.17) is 4.42 Å². The Kier molecular flexibility index (Phi) is 2.62. The van der Waals surface area contributed by atoms with Crippen LogP contribution < -0.4 is 0 Å². The fraction of sp³-hybridized carbons (Fsp3) is 0.455. The molecule has 0 aliphatic rings. The number of hydrogen-bond donors (Lipinski definition) is 1. The molecule has 13 heavy (non-hydrogen) atoms. The number of aliphatic hydroxyl groups excluding tert-OH is 1. The lowest BCUT2D eigenvalue weighted by molar-refractivity contribution is 0.0741. The second-order valence-electron chi connectivity index (χ2n) is 3.96. The van der Waals surface area contributed by atoms with Crippen LogP contribution in [0.25, 0.3) is 0 Å². The summed E-state index contributed by atoms with van der Waals surface area (Å²) in [6.07, 6.45) is 2.58. The molecule has 1 aromatic rings. The van der Waals surface area contributed by atoms with Gasteiger partial charge in [-0.15, -0.1) is 0 Å². The van der Waals surface area contributed by atoms with Crippen molar-refractivity contribution in [3.8, 4) is 0 Å². The minimum absolute atomic E-state index is 0.316. The molecule has 1 aromatic heterocycles. The van der Waals surface area contributed by atoms with Crippen LogP contribution in [0.1, 0.15) is 32.4 Å². The average molecular weight is 180 g/mol. The summed E-state index contributed by atoms with van der Waals surface area (Å²) in [5.74, 6) is 0. The van der Waals surface area contributed by atoms with E-state index in [0.29, 0.717) is 0 Å². The van der Waals surface area contributed by atoms with E-state index in [1.165, 1.54) is 0 Å². The van der Waals surface area contributed by atoms with Crippen LogP contribution in [0.15, 0.2) is 35.2 Å². The largest absolute Gasteiger partial charge is 0.472 e. The molecule has 0 radical (unpaired) electrons. The highest BCUT2D eigenvalue weighted by Gasteiger charge is 2.30. The molecule has 0 saturated heterocycles. The van der Waals surface area contributed by atoms with E-state index in [1.807, 2.05) is 20.8 Å². The van der Waals surface area contributed by atoms with Gasteiger partial charge in [-0.25, -0.2) is 0 Å². The minimum Gasteiger partial charge on any atom is -0.472 e. The smallest absolute Gasteiger partial charge is 0.0960 e. The highest BCUT2D eigenvalue weighted by Crippen LogP contribution is 2.38. The highest BCUT2D eigenvalue weighted by atomic mass is 16.3.